The Kier molecular flexibility index (Phi) is 5.77. The van der Waals surface area contributed by atoms with Gasteiger partial charge in [0.25, 0.3) is 0 Å². The highest BCUT2D eigenvalue weighted by atomic mass is 16.5. The second-order valence-corrected chi connectivity index (χ2v) is 8.11. The smallest absolute Gasteiger partial charge is 0.227 e. The molecule has 5 nitrogen and oxygen atoms in total. The van der Waals surface area contributed by atoms with Crippen molar-refractivity contribution in [2.45, 2.75) is 44.6 Å². The molecule has 2 amide bonds. The van der Waals surface area contributed by atoms with Gasteiger partial charge >= 0.3 is 0 Å². The van der Waals surface area contributed by atoms with Gasteiger partial charge in [0.2, 0.25) is 11.8 Å². The Bertz CT molecular complexity index is 651. The third-order valence-electron chi connectivity index (χ3n) is 6.43. The van der Waals surface area contributed by atoms with E-state index in [0.29, 0.717) is 32.8 Å². The predicted molar refractivity (Wildman–Crippen MR) is 103 cm³/mol. The van der Waals surface area contributed by atoms with Crippen molar-refractivity contribution in [3.05, 3.63) is 35.9 Å². The average Bonchev–Trinajstić information content (AvgIpc) is 3.28. The lowest BCUT2D eigenvalue weighted by Gasteiger charge is -2.42. The molecule has 146 valence electrons. The van der Waals surface area contributed by atoms with Crippen LogP contribution >= 0.6 is 0 Å². The molecule has 0 radical (unpaired) electrons. The lowest BCUT2D eigenvalue weighted by atomic mass is 9.87. The van der Waals surface area contributed by atoms with Gasteiger partial charge in [-0.1, -0.05) is 43.2 Å². The molecule has 2 unspecified atom stereocenters. The minimum Gasteiger partial charge on any atom is -0.378 e. The number of benzene rings is 1. The SMILES string of the molecule is O=C(C1CCC(c2ccccc2)N(C(=O)C2CCCC2)C1)N1CCOCC1. The lowest BCUT2D eigenvalue weighted by molar-refractivity contribution is -0.147. The summed E-state index contributed by atoms with van der Waals surface area (Å²) in [7, 11) is 0. The van der Waals surface area contributed by atoms with Crippen LogP contribution in [0.3, 0.4) is 0 Å². The second-order valence-electron chi connectivity index (χ2n) is 8.11. The van der Waals surface area contributed by atoms with Crippen LogP contribution in [-0.2, 0) is 14.3 Å². The van der Waals surface area contributed by atoms with Gasteiger partial charge in [-0.05, 0) is 31.2 Å². The number of hydrogen-bond donors (Lipinski definition) is 0. The summed E-state index contributed by atoms with van der Waals surface area (Å²) in [5, 5.41) is 0. The van der Waals surface area contributed by atoms with Crippen LogP contribution in [0.5, 0.6) is 0 Å². The number of nitrogens with zero attached hydrogens (tertiary/aromatic N) is 2. The van der Waals surface area contributed by atoms with E-state index in [1.165, 1.54) is 5.56 Å². The van der Waals surface area contributed by atoms with Gasteiger partial charge in [0, 0.05) is 25.6 Å². The van der Waals surface area contributed by atoms with Crippen LogP contribution in [0.2, 0.25) is 0 Å². The molecule has 1 aromatic carbocycles. The Labute approximate surface area is 161 Å². The molecule has 2 atom stereocenters. The lowest BCUT2D eigenvalue weighted by Crippen LogP contribution is -2.51. The summed E-state index contributed by atoms with van der Waals surface area (Å²) in [4.78, 5) is 30.3. The van der Waals surface area contributed by atoms with Crippen molar-refractivity contribution in [1.29, 1.82) is 0 Å². The van der Waals surface area contributed by atoms with Crippen LogP contribution in [0.15, 0.2) is 30.3 Å². The van der Waals surface area contributed by atoms with Crippen LogP contribution in [0.1, 0.15) is 50.1 Å². The fraction of sp³-hybridized carbons (Fsp3) is 0.636. The number of likely N-dealkylation sites (tertiary alicyclic amines) is 1. The summed E-state index contributed by atoms with van der Waals surface area (Å²) >= 11 is 0. The van der Waals surface area contributed by atoms with E-state index in [1.807, 2.05) is 28.0 Å². The van der Waals surface area contributed by atoms with Crippen LogP contribution in [-0.4, -0.2) is 54.5 Å². The number of carbonyl (C=O) groups excluding carboxylic acids is 2. The standard InChI is InChI=1S/C22H30N2O3/c25-21(23-12-14-27-15-13-23)19-10-11-20(17-6-2-1-3-7-17)24(16-19)22(26)18-8-4-5-9-18/h1-3,6-7,18-20H,4-5,8-16H2. The van der Waals surface area contributed by atoms with Gasteiger partial charge in [0.1, 0.15) is 0 Å². The molecule has 3 aliphatic rings. The number of hydrogen-bond acceptors (Lipinski definition) is 3. The highest BCUT2D eigenvalue weighted by Gasteiger charge is 2.39. The maximum Gasteiger partial charge on any atom is 0.227 e. The average molecular weight is 370 g/mol. The molecule has 0 N–H and O–H groups in total. The fourth-order valence-corrected chi connectivity index (χ4v) is 4.89. The van der Waals surface area contributed by atoms with Crippen molar-refractivity contribution in [2.24, 2.45) is 11.8 Å². The van der Waals surface area contributed by atoms with E-state index in [1.54, 1.807) is 0 Å². The number of rotatable bonds is 3. The number of morpholine rings is 1. The molecule has 0 spiro atoms. The Morgan fingerprint density at radius 2 is 1.56 bits per heavy atom. The fourth-order valence-electron chi connectivity index (χ4n) is 4.89. The molecule has 1 saturated carbocycles. The number of ether oxygens (including phenoxy) is 1. The zero-order valence-electron chi connectivity index (χ0n) is 16.0. The van der Waals surface area contributed by atoms with Gasteiger partial charge in [-0.15, -0.1) is 0 Å². The highest BCUT2D eigenvalue weighted by molar-refractivity contribution is 5.83. The quantitative estimate of drug-likeness (QED) is 0.822. The van der Waals surface area contributed by atoms with Crippen LogP contribution < -0.4 is 0 Å². The molecule has 0 bridgehead atoms. The monoisotopic (exact) mass is 370 g/mol. The third-order valence-corrected chi connectivity index (χ3v) is 6.43. The van der Waals surface area contributed by atoms with Crippen LogP contribution in [0, 0.1) is 11.8 Å². The normalized spacial score (nSPS) is 27.0. The summed E-state index contributed by atoms with van der Waals surface area (Å²) in [5.74, 6) is 0.539. The van der Waals surface area contributed by atoms with Crippen LogP contribution in [0.4, 0.5) is 0 Å². The minimum absolute atomic E-state index is 0.0755. The summed E-state index contributed by atoms with van der Waals surface area (Å²) in [6.07, 6.45) is 6.01. The molecule has 0 aromatic heterocycles. The molecule has 2 heterocycles. The maximum atomic E-state index is 13.3. The first-order chi connectivity index (χ1) is 13.2. The third kappa shape index (κ3) is 4.03. The van der Waals surface area contributed by atoms with E-state index in [9.17, 15) is 9.59 Å². The molecule has 2 aliphatic heterocycles. The Morgan fingerprint density at radius 1 is 0.852 bits per heavy atom. The molecular weight excluding hydrogens is 340 g/mol. The minimum atomic E-state index is -0.0755. The van der Waals surface area contributed by atoms with E-state index in [-0.39, 0.29) is 29.7 Å². The number of carbonyl (C=O) groups is 2. The van der Waals surface area contributed by atoms with E-state index in [0.717, 1.165) is 38.5 Å². The van der Waals surface area contributed by atoms with Gasteiger partial charge < -0.3 is 14.5 Å². The molecule has 1 aromatic rings. The van der Waals surface area contributed by atoms with Gasteiger partial charge in [-0.25, -0.2) is 0 Å². The van der Waals surface area contributed by atoms with Crippen LogP contribution in [0.25, 0.3) is 0 Å². The number of amides is 2. The van der Waals surface area contributed by atoms with Gasteiger partial charge in [-0.2, -0.15) is 0 Å². The van der Waals surface area contributed by atoms with Crippen molar-refractivity contribution in [3.8, 4) is 0 Å². The van der Waals surface area contributed by atoms with Crippen molar-refractivity contribution in [3.63, 3.8) is 0 Å². The first-order valence-corrected chi connectivity index (χ1v) is 10.5. The van der Waals surface area contributed by atoms with Crippen molar-refractivity contribution in [1.82, 2.24) is 9.80 Å². The molecule has 1 aliphatic carbocycles. The first kappa shape index (κ1) is 18.5. The topological polar surface area (TPSA) is 49.9 Å². The van der Waals surface area contributed by atoms with Crippen molar-refractivity contribution >= 4 is 11.8 Å². The Morgan fingerprint density at radius 3 is 2.26 bits per heavy atom. The summed E-state index contributed by atoms with van der Waals surface area (Å²) in [5.41, 5.74) is 1.20. The maximum absolute atomic E-state index is 13.3. The molecular formula is C22H30N2O3. The molecule has 4 rings (SSSR count). The van der Waals surface area contributed by atoms with E-state index < -0.39 is 0 Å². The molecule has 3 fully saturated rings. The predicted octanol–water partition coefficient (Wildman–Crippen LogP) is 3.02. The van der Waals surface area contributed by atoms with Gasteiger partial charge in [0.05, 0.1) is 25.2 Å². The van der Waals surface area contributed by atoms with Gasteiger partial charge in [0.15, 0.2) is 0 Å². The van der Waals surface area contributed by atoms with E-state index in [4.69, 9.17) is 4.74 Å². The molecule has 5 heteroatoms. The second kappa shape index (κ2) is 8.42. The van der Waals surface area contributed by atoms with E-state index >= 15 is 0 Å². The van der Waals surface area contributed by atoms with Crippen molar-refractivity contribution < 1.29 is 14.3 Å². The van der Waals surface area contributed by atoms with Gasteiger partial charge in [-0.3, -0.25) is 9.59 Å². The van der Waals surface area contributed by atoms with E-state index in [2.05, 4.69) is 12.1 Å². The Hall–Kier alpha value is -1.88. The Balaban J connectivity index is 1.52. The molecule has 27 heavy (non-hydrogen) atoms. The summed E-state index contributed by atoms with van der Waals surface area (Å²) in [6, 6.07) is 10.4. The van der Waals surface area contributed by atoms with Crippen molar-refractivity contribution in [2.75, 3.05) is 32.8 Å². The molecule has 2 saturated heterocycles. The zero-order chi connectivity index (χ0) is 18.6. The number of piperidine rings is 1. The summed E-state index contributed by atoms with van der Waals surface area (Å²) in [6.45, 7) is 3.15. The summed E-state index contributed by atoms with van der Waals surface area (Å²) < 4.78 is 5.38. The largest absolute Gasteiger partial charge is 0.378 e. The highest BCUT2D eigenvalue weighted by Crippen LogP contribution is 2.37. The zero-order valence-corrected chi connectivity index (χ0v) is 16.0. The first-order valence-electron chi connectivity index (χ1n) is 10.5.